The van der Waals surface area contributed by atoms with Crippen molar-refractivity contribution in [1.82, 2.24) is 5.32 Å². The van der Waals surface area contributed by atoms with E-state index in [0.717, 1.165) is 25.9 Å². The lowest BCUT2D eigenvalue weighted by Gasteiger charge is -2.29. The van der Waals surface area contributed by atoms with Crippen molar-refractivity contribution in [2.45, 2.75) is 25.8 Å². The Bertz CT molecular complexity index is 473. The van der Waals surface area contributed by atoms with E-state index in [1.54, 1.807) is 12.1 Å². The van der Waals surface area contributed by atoms with Crippen LogP contribution in [0.4, 0.5) is 11.4 Å². The Morgan fingerprint density at radius 1 is 1.55 bits per heavy atom. The van der Waals surface area contributed by atoms with Crippen molar-refractivity contribution < 1.29 is 9.66 Å². The SMILES string of the molecule is COc1ccc(NC(C)C2CCCNC2)c([N+](=O)[O-])c1. The van der Waals surface area contributed by atoms with Gasteiger partial charge < -0.3 is 15.4 Å². The number of nitro benzene ring substituents is 1. The molecule has 0 aliphatic carbocycles. The maximum Gasteiger partial charge on any atom is 0.296 e. The van der Waals surface area contributed by atoms with Crippen LogP contribution in [0.1, 0.15) is 19.8 Å². The van der Waals surface area contributed by atoms with E-state index >= 15 is 0 Å². The first-order valence-electron chi connectivity index (χ1n) is 6.91. The summed E-state index contributed by atoms with van der Waals surface area (Å²) in [5.74, 6) is 0.986. The highest BCUT2D eigenvalue weighted by Crippen LogP contribution is 2.30. The molecule has 6 heteroatoms. The molecule has 1 saturated heterocycles. The van der Waals surface area contributed by atoms with E-state index in [1.165, 1.54) is 13.2 Å². The Balaban J connectivity index is 2.13. The molecular formula is C14H21N3O3. The van der Waals surface area contributed by atoms with Crippen LogP contribution in [0.5, 0.6) is 5.75 Å². The summed E-state index contributed by atoms with van der Waals surface area (Å²) in [7, 11) is 1.50. The molecular weight excluding hydrogens is 258 g/mol. The number of rotatable bonds is 5. The van der Waals surface area contributed by atoms with Crippen molar-refractivity contribution in [3.8, 4) is 5.75 Å². The van der Waals surface area contributed by atoms with E-state index in [1.807, 2.05) is 0 Å². The van der Waals surface area contributed by atoms with E-state index in [2.05, 4.69) is 17.6 Å². The third-order valence-corrected chi connectivity index (χ3v) is 3.83. The van der Waals surface area contributed by atoms with Crippen LogP contribution in [0.2, 0.25) is 0 Å². The lowest BCUT2D eigenvalue weighted by atomic mass is 9.92. The fourth-order valence-electron chi connectivity index (χ4n) is 2.58. The molecule has 2 rings (SSSR count). The fourth-order valence-corrected chi connectivity index (χ4v) is 2.58. The van der Waals surface area contributed by atoms with E-state index in [4.69, 9.17) is 4.74 Å². The van der Waals surface area contributed by atoms with Gasteiger partial charge in [0.2, 0.25) is 0 Å². The number of hydrogen-bond donors (Lipinski definition) is 2. The summed E-state index contributed by atoms with van der Waals surface area (Å²) in [6.45, 7) is 4.09. The predicted molar refractivity (Wildman–Crippen MR) is 78.3 cm³/mol. The summed E-state index contributed by atoms with van der Waals surface area (Å²) in [5, 5.41) is 17.8. The lowest BCUT2D eigenvalue weighted by Crippen LogP contribution is -2.38. The van der Waals surface area contributed by atoms with Gasteiger partial charge in [0, 0.05) is 6.04 Å². The van der Waals surface area contributed by atoms with Gasteiger partial charge in [0.15, 0.2) is 0 Å². The number of piperidine rings is 1. The second-order valence-electron chi connectivity index (χ2n) is 5.18. The van der Waals surface area contributed by atoms with Gasteiger partial charge >= 0.3 is 0 Å². The molecule has 0 spiro atoms. The van der Waals surface area contributed by atoms with Crippen LogP contribution in [0, 0.1) is 16.0 Å². The van der Waals surface area contributed by atoms with Crippen LogP contribution in [0.15, 0.2) is 18.2 Å². The van der Waals surface area contributed by atoms with Crippen LogP contribution in [-0.4, -0.2) is 31.2 Å². The zero-order valence-corrected chi connectivity index (χ0v) is 11.9. The minimum absolute atomic E-state index is 0.0555. The van der Waals surface area contributed by atoms with Crippen LogP contribution in [0.3, 0.4) is 0 Å². The van der Waals surface area contributed by atoms with Crippen molar-refractivity contribution in [2.75, 3.05) is 25.5 Å². The fraction of sp³-hybridized carbons (Fsp3) is 0.571. The zero-order valence-electron chi connectivity index (χ0n) is 11.9. The topological polar surface area (TPSA) is 76.4 Å². The minimum Gasteiger partial charge on any atom is -0.496 e. The molecule has 1 fully saturated rings. The molecule has 0 saturated carbocycles. The molecule has 2 N–H and O–H groups in total. The van der Waals surface area contributed by atoms with Gasteiger partial charge in [0.1, 0.15) is 11.4 Å². The first-order chi connectivity index (χ1) is 9.61. The van der Waals surface area contributed by atoms with Crippen molar-refractivity contribution in [3.05, 3.63) is 28.3 Å². The molecule has 0 bridgehead atoms. The van der Waals surface area contributed by atoms with Gasteiger partial charge in [-0.3, -0.25) is 10.1 Å². The standard InChI is InChI=1S/C14H21N3O3/c1-10(11-4-3-7-15-9-11)16-13-6-5-12(20-2)8-14(13)17(18)19/h5-6,8,10-11,15-16H,3-4,7,9H2,1-2H3. The number of nitrogens with zero attached hydrogens (tertiary/aromatic N) is 1. The van der Waals surface area contributed by atoms with Gasteiger partial charge in [-0.2, -0.15) is 0 Å². The molecule has 0 amide bonds. The number of hydrogen-bond acceptors (Lipinski definition) is 5. The van der Waals surface area contributed by atoms with Gasteiger partial charge in [-0.05, 0) is 50.9 Å². The number of anilines is 1. The molecule has 1 heterocycles. The van der Waals surface area contributed by atoms with E-state index in [0.29, 0.717) is 17.4 Å². The number of methoxy groups -OCH3 is 1. The average molecular weight is 279 g/mol. The highest BCUT2D eigenvalue weighted by Gasteiger charge is 2.23. The Morgan fingerprint density at radius 2 is 2.35 bits per heavy atom. The molecule has 0 aromatic heterocycles. The quantitative estimate of drug-likeness (QED) is 0.639. The number of nitro groups is 1. The van der Waals surface area contributed by atoms with Crippen LogP contribution in [0.25, 0.3) is 0 Å². The van der Waals surface area contributed by atoms with Gasteiger partial charge in [-0.1, -0.05) is 0 Å². The Morgan fingerprint density at radius 3 is 2.95 bits per heavy atom. The summed E-state index contributed by atoms with van der Waals surface area (Å²) in [6.07, 6.45) is 2.30. The lowest BCUT2D eigenvalue weighted by molar-refractivity contribution is -0.384. The summed E-state index contributed by atoms with van der Waals surface area (Å²) >= 11 is 0. The molecule has 2 atom stereocenters. The molecule has 110 valence electrons. The van der Waals surface area contributed by atoms with Gasteiger partial charge in [-0.25, -0.2) is 0 Å². The molecule has 20 heavy (non-hydrogen) atoms. The van der Waals surface area contributed by atoms with Gasteiger partial charge in [0.25, 0.3) is 5.69 Å². The maximum atomic E-state index is 11.1. The van der Waals surface area contributed by atoms with Crippen molar-refractivity contribution in [1.29, 1.82) is 0 Å². The minimum atomic E-state index is -0.378. The largest absolute Gasteiger partial charge is 0.496 e. The first kappa shape index (κ1) is 14.6. The van der Waals surface area contributed by atoms with Gasteiger partial charge in [0.05, 0.1) is 18.1 Å². The van der Waals surface area contributed by atoms with E-state index in [9.17, 15) is 10.1 Å². The molecule has 2 unspecified atom stereocenters. The van der Waals surface area contributed by atoms with Crippen molar-refractivity contribution >= 4 is 11.4 Å². The Labute approximate surface area is 118 Å². The van der Waals surface area contributed by atoms with Crippen LogP contribution >= 0.6 is 0 Å². The monoisotopic (exact) mass is 279 g/mol. The van der Waals surface area contributed by atoms with Crippen LogP contribution < -0.4 is 15.4 Å². The van der Waals surface area contributed by atoms with Crippen molar-refractivity contribution in [2.24, 2.45) is 5.92 Å². The average Bonchev–Trinajstić information content (AvgIpc) is 2.48. The number of nitrogens with one attached hydrogen (secondary N) is 2. The normalized spacial score (nSPS) is 20.2. The summed E-state index contributed by atoms with van der Waals surface area (Å²) < 4.78 is 5.04. The second kappa shape index (κ2) is 6.56. The highest BCUT2D eigenvalue weighted by atomic mass is 16.6. The van der Waals surface area contributed by atoms with E-state index < -0.39 is 0 Å². The van der Waals surface area contributed by atoms with Gasteiger partial charge in [-0.15, -0.1) is 0 Å². The Kier molecular flexibility index (Phi) is 4.79. The van der Waals surface area contributed by atoms with Crippen LogP contribution in [-0.2, 0) is 0 Å². The first-order valence-corrected chi connectivity index (χ1v) is 6.91. The summed E-state index contributed by atoms with van der Waals surface area (Å²) in [5.41, 5.74) is 0.605. The van der Waals surface area contributed by atoms with E-state index in [-0.39, 0.29) is 16.7 Å². The molecule has 1 aliphatic rings. The third-order valence-electron chi connectivity index (χ3n) is 3.83. The summed E-state index contributed by atoms with van der Waals surface area (Å²) in [6, 6.07) is 5.09. The predicted octanol–water partition coefficient (Wildman–Crippen LogP) is 2.40. The molecule has 6 nitrogen and oxygen atoms in total. The Hall–Kier alpha value is -1.82. The third kappa shape index (κ3) is 3.39. The second-order valence-corrected chi connectivity index (χ2v) is 5.18. The maximum absolute atomic E-state index is 11.1. The molecule has 0 radical (unpaired) electrons. The highest BCUT2D eigenvalue weighted by molar-refractivity contribution is 5.64. The molecule has 1 aromatic carbocycles. The zero-order chi connectivity index (χ0) is 14.5. The smallest absolute Gasteiger partial charge is 0.296 e. The number of ether oxygens (including phenoxy) is 1. The molecule has 1 aliphatic heterocycles. The summed E-state index contributed by atoms with van der Waals surface area (Å²) in [4.78, 5) is 10.8. The molecule has 1 aromatic rings. The number of benzene rings is 1. The van der Waals surface area contributed by atoms with Crippen molar-refractivity contribution in [3.63, 3.8) is 0 Å².